The number of amides is 1. The molecule has 1 aromatic carbocycles. The molecule has 18 heavy (non-hydrogen) atoms. The smallest absolute Gasteiger partial charge is 0.254 e. The lowest BCUT2D eigenvalue weighted by molar-refractivity contribution is -0.0183. The van der Waals surface area contributed by atoms with E-state index in [9.17, 15) is 9.90 Å². The van der Waals surface area contributed by atoms with E-state index in [-0.39, 0.29) is 18.6 Å². The Morgan fingerprint density at radius 3 is 3.00 bits per heavy atom. The van der Waals surface area contributed by atoms with E-state index in [0.717, 1.165) is 5.56 Å². The molecule has 1 saturated heterocycles. The second kappa shape index (κ2) is 5.69. The highest BCUT2D eigenvalue weighted by molar-refractivity contribution is 6.31. The van der Waals surface area contributed by atoms with Gasteiger partial charge in [0.25, 0.3) is 5.91 Å². The summed E-state index contributed by atoms with van der Waals surface area (Å²) in [5, 5.41) is 9.81. The first kappa shape index (κ1) is 13.3. The van der Waals surface area contributed by atoms with Gasteiger partial charge in [-0.25, -0.2) is 0 Å². The SMILES string of the molecule is Cc1cc(Cl)cc(C(=O)N2CCOCC2CO)c1. The van der Waals surface area contributed by atoms with Gasteiger partial charge in [-0.3, -0.25) is 4.79 Å². The predicted molar refractivity (Wildman–Crippen MR) is 68.9 cm³/mol. The number of morpholine rings is 1. The molecular weight excluding hydrogens is 254 g/mol. The molecular formula is C13H16ClNO3. The molecule has 2 rings (SSSR count). The van der Waals surface area contributed by atoms with Crippen LogP contribution in [-0.2, 0) is 4.74 Å². The van der Waals surface area contributed by atoms with Gasteiger partial charge in [0.15, 0.2) is 0 Å². The number of ether oxygens (including phenoxy) is 1. The van der Waals surface area contributed by atoms with Gasteiger partial charge in [0, 0.05) is 17.1 Å². The van der Waals surface area contributed by atoms with Gasteiger partial charge in [-0.1, -0.05) is 11.6 Å². The van der Waals surface area contributed by atoms with Gasteiger partial charge in [0.2, 0.25) is 0 Å². The minimum atomic E-state index is -0.273. The first-order chi connectivity index (χ1) is 8.61. The fourth-order valence-electron chi connectivity index (χ4n) is 2.10. The van der Waals surface area contributed by atoms with Crippen LogP contribution in [0, 0.1) is 6.92 Å². The van der Waals surface area contributed by atoms with E-state index in [4.69, 9.17) is 16.3 Å². The molecule has 1 aliphatic heterocycles. The van der Waals surface area contributed by atoms with Gasteiger partial charge in [-0.05, 0) is 30.7 Å². The molecule has 1 amide bonds. The molecule has 1 N–H and O–H groups in total. The molecule has 1 aliphatic rings. The Bertz CT molecular complexity index is 430. The Labute approximate surface area is 111 Å². The summed E-state index contributed by atoms with van der Waals surface area (Å²) in [5.41, 5.74) is 1.50. The summed E-state index contributed by atoms with van der Waals surface area (Å²) >= 11 is 5.96. The van der Waals surface area contributed by atoms with Crippen LogP contribution < -0.4 is 0 Å². The average Bonchev–Trinajstić information content (AvgIpc) is 2.36. The van der Waals surface area contributed by atoms with E-state index >= 15 is 0 Å². The van der Waals surface area contributed by atoms with Crippen LogP contribution in [0.15, 0.2) is 18.2 Å². The normalized spacial score (nSPS) is 19.9. The molecule has 1 fully saturated rings. The monoisotopic (exact) mass is 269 g/mol. The maximum Gasteiger partial charge on any atom is 0.254 e. The number of carbonyl (C=O) groups is 1. The third-order valence-corrected chi connectivity index (χ3v) is 3.21. The third kappa shape index (κ3) is 2.83. The molecule has 0 aliphatic carbocycles. The van der Waals surface area contributed by atoms with Gasteiger partial charge in [0.05, 0.1) is 25.9 Å². The molecule has 1 unspecified atom stereocenters. The molecule has 0 saturated carbocycles. The number of hydrogen-bond acceptors (Lipinski definition) is 3. The van der Waals surface area contributed by atoms with Crippen LogP contribution in [0.4, 0.5) is 0 Å². The average molecular weight is 270 g/mol. The van der Waals surface area contributed by atoms with E-state index in [2.05, 4.69) is 0 Å². The minimum Gasteiger partial charge on any atom is -0.394 e. The Hall–Kier alpha value is -1.10. The number of aryl methyl sites for hydroxylation is 1. The van der Waals surface area contributed by atoms with E-state index in [0.29, 0.717) is 30.3 Å². The van der Waals surface area contributed by atoms with Gasteiger partial charge < -0.3 is 14.7 Å². The lowest BCUT2D eigenvalue weighted by Crippen LogP contribution is -2.50. The van der Waals surface area contributed by atoms with Gasteiger partial charge >= 0.3 is 0 Å². The Balaban J connectivity index is 2.23. The first-order valence-corrected chi connectivity index (χ1v) is 6.26. The van der Waals surface area contributed by atoms with Crippen LogP contribution >= 0.6 is 11.6 Å². The number of aliphatic hydroxyl groups excluding tert-OH is 1. The summed E-state index contributed by atoms with van der Waals surface area (Å²) in [6.07, 6.45) is 0. The number of halogens is 1. The maximum absolute atomic E-state index is 12.4. The molecule has 1 aromatic rings. The van der Waals surface area contributed by atoms with Crippen molar-refractivity contribution < 1.29 is 14.6 Å². The van der Waals surface area contributed by atoms with Gasteiger partial charge in [0.1, 0.15) is 0 Å². The van der Waals surface area contributed by atoms with Crippen molar-refractivity contribution in [3.8, 4) is 0 Å². The summed E-state index contributed by atoms with van der Waals surface area (Å²) in [4.78, 5) is 14.0. The molecule has 0 radical (unpaired) electrons. The van der Waals surface area contributed by atoms with E-state index < -0.39 is 0 Å². The lowest BCUT2D eigenvalue weighted by atomic mass is 10.1. The quantitative estimate of drug-likeness (QED) is 0.885. The highest BCUT2D eigenvalue weighted by atomic mass is 35.5. The van der Waals surface area contributed by atoms with Gasteiger partial charge in [-0.2, -0.15) is 0 Å². The minimum absolute atomic E-state index is 0.0920. The molecule has 0 spiro atoms. The number of hydrogen-bond donors (Lipinski definition) is 1. The second-order valence-corrected chi connectivity index (χ2v) is 4.86. The molecule has 98 valence electrons. The second-order valence-electron chi connectivity index (χ2n) is 4.43. The summed E-state index contributed by atoms with van der Waals surface area (Å²) < 4.78 is 5.26. The van der Waals surface area contributed by atoms with Crippen molar-refractivity contribution in [2.75, 3.05) is 26.4 Å². The molecule has 1 heterocycles. The summed E-state index contributed by atoms with van der Waals surface area (Å²) in [5.74, 6) is -0.108. The zero-order valence-electron chi connectivity index (χ0n) is 10.2. The van der Waals surface area contributed by atoms with Crippen LogP contribution in [0.2, 0.25) is 5.02 Å². The van der Waals surface area contributed by atoms with Crippen molar-refractivity contribution in [3.63, 3.8) is 0 Å². The van der Waals surface area contributed by atoms with Crippen molar-refractivity contribution in [2.45, 2.75) is 13.0 Å². The number of nitrogens with zero attached hydrogens (tertiary/aromatic N) is 1. The number of carbonyl (C=O) groups excluding carboxylic acids is 1. The standard InChI is InChI=1S/C13H16ClNO3/c1-9-4-10(6-11(14)5-9)13(17)15-2-3-18-8-12(15)7-16/h4-6,12,16H,2-3,7-8H2,1H3. The van der Waals surface area contributed by atoms with Crippen molar-refractivity contribution in [3.05, 3.63) is 34.3 Å². The topological polar surface area (TPSA) is 49.8 Å². The molecule has 4 nitrogen and oxygen atoms in total. The molecule has 0 bridgehead atoms. The van der Waals surface area contributed by atoms with Crippen LogP contribution in [0.3, 0.4) is 0 Å². The summed E-state index contributed by atoms with van der Waals surface area (Å²) in [6, 6.07) is 4.99. The Kier molecular flexibility index (Phi) is 4.22. The number of aliphatic hydroxyl groups is 1. The van der Waals surface area contributed by atoms with E-state index in [1.54, 1.807) is 23.1 Å². The van der Waals surface area contributed by atoms with Crippen LogP contribution in [-0.4, -0.2) is 48.3 Å². The highest BCUT2D eigenvalue weighted by Gasteiger charge is 2.27. The van der Waals surface area contributed by atoms with Crippen molar-refractivity contribution in [1.82, 2.24) is 4.90 Å². The van der Waals surface area contributed by atoms with Crippen molar-refractivity contribution in [2.24, 2.45) is 0 Å². The number of rotatable bonds is 2. The Morgan fingerprint density at radius 2 is 2.33 bits per heavy atom. The third-order valence-electron chi connectivity index (χ3n) is 2.99. The molecule has 0 aromatic heterocycles. The summed E-state index contributed by atoms with van der Waals surface area (Å²) in [7, 11) is 0. The predicted octanol–water partition coefficient (Wildman–Crippen LogP) is 1.48. The summed E-state index contributed by atoms with van der Waals surface area (Å²) in [6.45, 7) is 3.18. The van der Waals surface area contributed by atoms with Gasteiger partial charge in [-0.15, -0.1) is 0 Å². The van der Waals surface area contributed by atoms with Crippen LogP contribution in [0.25, 0.3) is 0 Å². The Morgan fingerprint density at radius 1 is 1.56 bits per heavy atom. The van der Waals surface area contributed by atoms with Crippen LogP contribution in [0.1, 0.15) is 15.9 Å². The maximum atomic E-state index is 12.4. The largest absolute Gasteiger partial charge is 0.394 e. The fraction of sp³-hybridized carbons (Fsp3) is 0.462. The van der Waals surface area contributed by atoms with Crippen molar-refractivity contribution in [1.29, 1.82) is 0 Å². The zero-order chi connectivity index (χ0) is 13.1. The van der Waals surface area contributed by atoms with E-state index in [1.165, 1.54) is 0 Å². The van der Waals surface area contributed by atoms with Crippen LogP contribution in [0.5, 0.6) is 0 Å². The highest BCUT2D eigenvalue weighted by Crippen LogP contribution is 2.18. The molecule has 5 heteroatoms. The first-order valence-electron chi connectivity index (χ1n) is 5.88. The number of benzene rings is 1. The van der Waals surface area contributed by atoms with E-state index in [1.807, 2.05) is 6.92 Å². The fourth-order valence-corrected chi connectivity index (χ4v) is 2.39. The van der Waals surface area contributed by atoms with Crippen molar-refractivity contribution >= 4 is 17.5 Å². The zero-order valence-corrected chi connectivity index (χ0v) is 11.0. The molecule has 1 atom stereocenters. The lowest BCUT2D eigenvalue weighted by Gasteiger charge is -2.34.